The number of fused-ring (bicyclic) bond motifs is 1. The molecule has 23 heavy (non-hydrogen) atoms. The van der Waals surface area contributed by atoms with Crippen LogP contribution in [-0.4, -0.2) is 12.6 Å². The summed E-state index contributed by atoms with van der Waals surface area (Å²) in [6.07, 6.45) is 1.91. The van der Waals surface area contributed by atoms with Gasteiger partial charge in [-0.2, -0.15) is 0 Å². The third kappa shape index (κ3) is 3.65. The summed E-state index contributed by atoms with van der Waals surface area (Å²) in [5.41, 5.74) is 4.33. The first kappa shape index (κ1) is 15.4. The molecule has 0 fully saturated rings. The molecule has 2 aromatic carbocycles. The molecule has 2 amide bonds. The van der Waals surface area contributed by atoms with Crippen molar-refractivity contribution >= 4 is 11.7 Å². The monoisotopic (exact) mass is 310 g/mol. The number of amides is 2. The number of urea groups is 1. The predicted octanol–water partition coefficient (Wildman–Crippen LogP) is 4.07. The average Bonchev–Trinajstić information content (AvgIpc) is 3.02. The molecule has 1 heterocycles. The lowest BCUT2D eigenvalue weighted by atomic mass is 10.1. The van der Waals surface area contributed by atoms with Gasteiger partial charge in [0, 0.05) is 12.1 Å². The zero-order chi connectivity index (χ0) is 16.2. The van der Waals surface area contributed by atoms with E-state index in [0.29, 0.717) is 0 Å². The summed E-state index contributed by atoms with van der Waals surface area (Å²) < 4.78 is 5.47. The van der Waals surface area contributed by atoms with Gasteiger partial charge in [-0.3, -0.25) is 0 Å². The zero-order valence-electron chi connectivity index (χ0n) is 13.6. The fraction of sp³-hybridized carbons (Fsp3) is 0.316. The number of rotatable bonds is 4. The second-order valence-corrected chi connectivity index (χ2v) is 5.84. The van der Waals surface area contributed by atoms with Crippen molar-refractivity contribution in [2.45, 2.75) is 32.7 Å². The number of hydrogen-bond donors (Lipinski definition) is 2. The molecule has 4 heteroatoms. The van der Waals surface area contributed by atoms with E-state index in [-0.39, 0.29) is 12.1 Å². The summed E-state index contributed by atoms with van der Waals surface area (Å²) in [5.74, 6) is 0.917. The van der Waals surface area contributed by atoms with Gasteiger partial charge in [-0.05, 0) is 48.2 Å². The molecule has 2 aromatic rings. The van der Waals surface area contributed by atoms with Crippen molar-refractivity contribution in [3.63, 3.8) is 0 Å². The van der Waals surface area contributed by atoms with Crippen LogP contribution in [0.15, 0.2) is 42.5 Å². The van der Waals surface area contributed by atoms with E-state index in [0.717, 1.165) is 42.0 Å². The molecule has 120 valence electrons. The normalized spacial score (nSPS) is 13.8. The molecular formula is C19H22N2O2. The summed E-state index contributed by atoms with van der Waals surface area (Å²) in [4.78, 5) is 12.2. The van der Waals surface area contributed by atoms with Gasteiger partial charge in [0.25, 0.3) is 0 Å². The molecule has 0 saturated heterocycles. The summed E-state index contributed by atoms with van der Waals surface area (Å²) in [6.45, 7) is 4.83. The lowest BCUT2D eigenvalue weighted by molar-refractivity contribution is 0.249. The molecule has 0 radical (unpaired) electrons. The van der Waals surface area contributed by atoms with Gasteiger partial charge < -0.3 is 15.4 Å². The second kappa shape index (κ2) is 6.73. The van der Waals surface area contributed by atoms with Crippen LogP contribution in [0.3, 0.4) is 0 Å². The highest BCUT2D eigenvalue weighted by molar-refractivity contribution is 5.89. The summed E-state index contributed by atoms with van der Waals surface area (Å²) >= 11 is 0. The van der Waals surface area contributed by atoms with Gasteiger partial charge in [0.2, 0.25) is 0 Å². The fourth-order valence-electron chi connectivity index (χ4n) is 2.75. The molecule has 0 bridgehead atoms. The van der Waals surface area contributed by atoms with Gasteiger partial charge in [0.05, 0.1) is 12.6 Å². The van der Waals surface area contributed by atoms with E-state index in [9.17, 15) is 4.79 Å². The van der Waals surface area contributed by atoms with Crippen LogP contribution in [0, 0.1) is 0 Å². The molecule has 1 unspecified atom stereocenters. The van der Waals surface area contributed by atoms with Crippen LogP contribution in [0.1, 0.15) is 36.6 Å². The van der Waals surface area contributed by atoms with Crippen LogP contribution >= 0.6 is 0 Å². The van der Waals surface area contributed by atoms with E-state index >= 15 is 0 Å². The Labute approximate surface area is 136 Å². The van der Waals surface area contributed by atoms with Crippen LogP contribution in [0.4, 0.5) is 10.5 Å². The van der Waals surface area contributed by atoms with Crippen LogP contribution in [-0.2, 0) is 12.8 Å². The Kier molecular flexibility index (Phi) is 4.51. The van der Waals surface area contributed by atoms with Crippen molar-refractivity contribution in [2.24, 2.45) is 0 Å². The maximum atomic E-state index is 12.2. The van der Waals surface area contributed by atoms with E-state index in [1.807, 2.05) is 25.1 Å². The van der Waals surface area contributed by atoms with Crippen molar-refractivity contribution in [1.82, 2.24) is 5.32 Å². The molecule has 0 aromatic heterocycles. The van der Waals surface area contributed by atoms with Crippen LogP contribution in [0.25, 0.3) is 0 Å². The van der Waals surface area contributed by atoms with Gasteiger partial charge in [0.1, 0.15) is 5.75 Å². The van der Waals surface area contributed by atoms with Gasteiger partial charge in [-0.15, -0.1) is 0 Å². The van der Waals surface area contributed by atoms with Gasteiger partial charge in [-0.25, -0.2) is 4.79 Å². The molecule has 0 spiro atoms. The summed E-state index contributed by atoms with van der Waals surface area (Å²) in [7, 11) is 0. The van der Waals surface area contributed by atoms with Gasteiger partial charge in [0.15, 0.2) is 0 Å². The fourth-order valence-corrected chi connectivity index (χ4v) is 2.75. The number of carbonyl (C=O) groups excluding carboxylic acids is 1. The van der Waals surface area contributed by atoms with Crippen molar-refractivity contribution in [3.05, 3.63) is 59.2 Å². The number of benzene rings is 2. The van der Waals surface area contributed by atoms with Crippen LogP contribution < -0.4 is 15.4 Å². The maximum Gasteiger partial charge on any atom is 0.319 e. The minimum Gasteiger partial charge on any atom is -0.493 e. The number of nitrogens with one attached hydrogen (secondary N) is 2. The van der Waals surface area contributed by atoms with Crippen LogP contribution in [0.5, 0.6) is 5.75 Å². The van der Waals surface area contributed by atoms with E-state index in [1.54, 1.807) is 0 Å². The number of anilines is 1. The van der Waals surface area contributed by atoms with E-state index < -0.39 is 0 Å². The molecule has 0 aliphatic carbocycles. The quantitative estimate of drug-likeness (QED) is 0.894. The number of hydrogen-bond acceptors (Lipinski definition) is 2. The number of aryl methyl sites for hydroxylation is 1. The smallest absolute Gasteiger partial charge is 0.319 e. The zero-order valence-corrected chi connectivity index (χ0v) is 13.6. The predicted molar refractivity (Wildman–Crippen MR) is 92.0 cm³/mol. The van der Waals surface area contributed by atoms with E-state index in [4.69, 9.17) is 4.74 Å². The van der Waals surface area contributed by atoms with E-state index in [2.05, 4.69) is 41.8 Å². The Bertz CT molecular complexity index is 695. The first-order valence-electron chi connectivity index (χ1n) is 8.08. The summed E-state index contributed by atoms with van der Waals surface area (Å²) in [6, 6.07) is 13.8. The maximum absolute atomic E-state index is 12.2. The first-order chi connectivity index (χ1) is 11.2. The molecule has 0 saturated carbocycles. The lowest BCUT2D eigenvalue weighted by Crippen LogP contribution is -2.31. The lowest BCUT2D eigenvalue weighted by Gasteiger charge is -2.16. The second-order valence-electron chi connectivity index (χ2n) is 5.84. The topological polar surface area (TPSA) is 50.4 Å². The SMILES string of the molecule is CCc1ccc(C(C)NC(=O)Nc2ccc3c(c2)CCO3)cc1. The first-order valence-corrected chi connectivity index (χ1v) is 8.08. The molecule has 3 rings (SSSR count). The highest BCUT2D eigenvalue weighted by Gasteiger charge is 2.14. The van der Waals surface area contributed by atoms with E-state index in [1.165, 1.54) is 5.56 Å². The average molecular weight is 310 g/mol. The van der Waals surface area contributed by atoms with Crippen molar-refractivity contribution in [1.29, 1.82) is 0 Å². The minimum absolute atomic E-state index is 0.0429. The minimum atomic E-state index is -0.198. The Morgan fingerprint density at radius 3 is 2.74 bits per heavy atom. The third-order valence-electron chi connectivity index (χ3n) is 4.18. The molecule has 2 N–H and O–H groups in total. The van der Waals surface area contributed by atoms with Gasteiger partial charge in [-0.1, -0.05) is 31.2 Å². The number of carbonyl (C=O) groups is 1. The van der Waals surface area contributed by atoms with Gasteiger partial charge >= 0.3 is 6.03 Å². The highest BCUT2D eigenvalue weighted by Crippen LogP contribution is 2.27. The molecule has 4 nitrogen and oxygen atoms in total. The molecule has 1 atom stereocenters. The number of ether oxygens (including phenoxy) is 1. The molecule has 1 aliphatic heterocycles. The largest absolute Gasteiger partial charge is 0.493 e. The standard InChI is InChI=1S/C19H22N2O2/c1-3-14-4-6-15(7-5-14)13(2)20-19(22)21-17-8-9-18-16(12-17)10-11-23-18/h4-9,12-13H,3,10-11H2,1-2H3,(H2,20,21,22). The Hall–Kier alpha value is -2.49. The summed E-state index contributed by atoms with van der Waals surface area (Å²) in [5, 5.41) is 5.86. The Morgan fingerprint density at radius 1 is 1.22 bits per heavy atom. The highest BCUT2D eigenvalue weighted by atomic mass is 16.5. The Morgan fingerprint density at radius 2 is 2.00 bits per heavy atom. The Balaban J connectivity index is 1.60. The molecular weight excluding hydrogens is 288 g/mol. The third-order valence-corrected chi connectivity index (χ3v) is 4.18. The van der Waals surface area contributed by atoms with Crippen molar-refractivity contribution < 1.29 is 9.53 Å². The molecule has 1 aliphatic rings. The van der Waals surface area contributed by atoms with Crippen molar-refractivity contribution in [3.8, 4) is 5.75 Å². The van der Waals surface area contributed by atoms with Crippen molar-refractivity contribution in [2.75, 3.05) is 11.9 Å². The van der Waals surface area contributed by atoms with Crippen LogP contribution in [0.2, 0.25) is 0 Å².